The Balaban J connectivity index is 2.22. The number of carbonyl (C=O) groups is 1. The fourth-order valence-electron chi connectivity index (χ4n) is 2.06. The zero-order valence-corrected chi connectivity index (χ0v) is 11.6. The summed E-state index contributed by atoms with van der Waals surface area (Å²) in [6.07, 6.45) is 0.659. The van der Waals surface area contributed by atoms with E-state index in [9.17, 15) is 26.4 Å². The molecule has 5 nitrogen and oxygen atoms in total. The summed E-state index contributed by atoms with van der Waals surface area (Å²) in [4.78, 5) is 12.6. The van der Waals surface area contributed by atoms with E-state index in [1.54, 1.807) is 0 Å². The average Bonchev–Trinajstić information content (AvgIpc) is 2.83. The van der Waals surface area contributed by atoms with E-state index in [0.717, 1.165) is 24.3 Å². The van der Waals surface area contributed by atoms with Crippen LogP contribution in [0.5, 0.6) is 0 Å². The van der Waals surface area contributed by atoms with Gasteiger partial charge in [0, 0.05) is 24.7 Å². The van der Waals surface area contributed by atoms with Crippen LogP contribution in [0.3, 0.4) is 0 Å². The SMILES string of the molecule is N[C@H]1CCN(C(=O)c2ccc(S(=O)(=O)C(F)(F)F)cc2)C1. The lowest BCUT2D eigenvalue weighted by molar-refractivity contribution is -0.0436. The van der Waals surface area contributed by atoms with Crippen LogP contribution >= 0.6 is 0 Å². The number of hydrogen-bond donors (Lipinski definition) is 1. The van der Waals surface area contributed by atoms with Crippen LogP contribution in [0.15, 0.2) is 29.2 Å². The van der Waals surface area contributed by atoms with Crippen LogP contribution in [-0.4, -0.2) is 43.9 Å². The Bertz CT molecular complexity index is 641. The maximum Gasteiger partial charge on any atom is 0.501 e. The van der Waals surface area contributed by atoms with E-state index in [0.29, 0.717) is 19.5 Å². The number of rotatable bonds is 2. The molecule has 1 aromatic rings. The van der Waals surface area contributed by atoms with Crippen molar-refractivity contribution in [3.63, 3.8) is 0 Å². The lowest BCUT2D eigenvalue weighted by Gasteiger charge is -2.16. The molecule has 0 aromatic heterocycles. The number of halogens is 3. The first kappa shape index (κ1) is 15.8. The number of carbonyl (C=O) groups excluding carboxylic acids is 1. The first-order valence-corrected chi connectivity index (χ1v) is 7.57. The number of nitrogens with two attached hydrogens (primary N) is 1. The number of likely N-dealkylation sites (tertiary alicyclic amines) is 1. The molecule has 0 radical (unpaired) electrons. The molecule has 21 heavy (non-hydrogen) atoms. The Morgan fingerprint density at radius 1 is 1.24 bits per heavy atom. The summed E-state index contributed by atoms with van der Waals surface area (Å²) in [6, 6.07) is 3.60. The number of sulfone groups is 1. The van der Waals surface area contributed by atoms with Gasteiger partial charge >= 0.3 is 5.51 Å². The van der Waals surface area contributed by atoms with Crippen molar-refractivity contribution in [2.24, 2.45) is 5.73 Å². The van der Waals surface area contributed by atoms with E-state index in [4.69, 9.17) is 5.73 Å². The van der Waals surface area contributed by atoms with E-state index >= 15 is 0 Å². The van der Waals surface area contributed by atoms with Crippen molar-refractivity contribution >= 4 is 15.7 Å². The molecule has 1 saturated heterocycles. The summed E-state index contributed by atoms with van der Waals surface area (Å²) in [6.45, 7) is 0.851. The molecule has 9 heteroatoms. The van der Waals surface area contributed by atoms with Gasteiger partial charge in [0.2, 0.25) is 0 Å². The van der Waals surface area contributed by atoms with E-state index in [2.05, 4.69) is 0 Å². The molecule has 0 bridgehead atoms. The van der Waals surface area contributed by atoms with Crippen LogP contribution in [0.25, 0.3) is 0 Å². The van der Waals surface area contributed by atoms with Gasteiger partial charge in [-0.3, -0.25) is 4.79 Å². The lowest BCUT2D eigenvalue weighted by Crippen LogP contribution is -2.31. The molecular formula is C12H13F3N2O3S. The largest absolute Gasteiger partial charge is 0.501 e. The van der Waals surface area contributed by atoms with Crippen LogP contribution in [0.4, 0.5) is 13.2 Å². The minimum absolute atomic E-state index is 0.112. The highest BCUT2D eigenvalue weighted by Gasteiger charge is 2.46. The van der Waals surface area contributed by atoms with Crippen molar-refractivity contribution in [2.45, 2.75) is 22.9 Å². The first-order chi connectivity index (χ1) is 9.63. The molecule has 1 heterocycles. The van der Waals surface area contributed by atoms with Gasteiger partial charge in [-0.15, -0.1) is 0 Å². The second kappa shape index (κ2) is 5.30. The van der Waals surface area contributed by atoms with Crippen molar-refractivity contribution in [3.05, 3.63) is 29.8 Å². The summed E-state index contributed by atoms with van der Waals surface area (Å²) < 4.78 is 59.6. The monoisotopic (exact) mass is 322 g/mol. The summed E-state index contributed by atoms with van der Waals surface area (Å²) in [5.74, 6) is -0.376. The Morgan fingerprint density at radius 3 is 2.24 bits per heavy atom. The molecule has 1 fully saturated rings. The van der Waals surface area contributed by atoms with Crippen LogP contribution in [0.2, 0.25) is 0 Å². The molecule has 1 aliphatic rings. The Hall–Kier alpha value is -1.61. The zero-order valence-electron chi connectivity index (χ0n) is 10.8. The third kappa shape index (κ3) is 3.03. The fourth-order valence-corrected chi connectivity index (χ4v) is 2.83. The van der Waals surface area contributed by atoms with Crippen LogP contribution in [0, 0.1) is 0 Å². The van der Waals surface area contributed by atoms with E-state index in [1.807, 2.05) is 0 Å². The van der Waals surface area contributed by atoms with Crippen LogP contribution < -0.4 is 5.73 Å². The van der Waals surface area contributed by atoms with E-state index < -0.39 is 20.2 Å². The van der Waals surface area contributed by atoms with Gasteiger partial charge in [0.1, 0.15) is 0 Å². The standard InChI is InChI=1S/C12H13F3N2O3S/c13-12(14,15)21(19,20)10-3-1-8(2-4-10)11(18)17-6-5-9(16)7-17/h1-4,9H,5-7,16H2/t9-/m0/s1. The number of benzene rings is 1. The first-order valence-electron chi connectivity index (χ1n) is 6.09. The fraction of sp³-hybridized carbons (Fsp3) is 0.417. The van der Waals surface area contributed by atoms with Gasteiger partial charge in [-0.25, -0.2) is 8.42 Å². The van der Waals surface area contributed by atoms with Crippen molar-refractivity contribution in [1.29, 1.82) is 0 Å². The highest BCUT2D eigenvalue weighted by molar-refractivity contribution is 7.92. The number of nitrogens with zero attached hydrogens (tertiary/aromatic N) is 1. The van der Waals surface area contributed by atoms with Gasteiger partial charge in [-0.2, -0.15) is 13.2 Å². The zero-order chi connectivity index (χ0) is 15.8. The molecule has 2 rings (SSSR count). The quantitative estimate of drug-likeness (QED) is 0.886. The number of hydrogen-bond acceptors (Lipinski definition) is 4. The van der Waals surface area contributed by atoms with Gasteiger partial charge in [0.15, 0.2) is 0 Å². The molecule has 2 N–H and O–H groups in total. The molecular weight excluding hydrogens is 309 g/mol. The van der Waals surface area contributed by atoms with Crippen molar-refractivity contribution < 1.29 is 26.4 Å². The van der Waals surface area contributed by atoms with Crippen molar-refractivity contribution in [1.82, 2.24) is 4.90 Å². The minimum Gasteiger partial charge on any atom is -0.337 e. The molecule has 1 aromatic carbocycles. The summed E-state index contributed by atoms with van der Waals surface area (Å²) in [5.41, 5.74) is 0.441. The number of amides is 1. The van der Waals surface area contributed by atoms with Crippen molar-refractivity contribution in [3.8, 4) is 0 Å². The normalized spacial score (nSPS) is 19.8. The van der Waals surface area contributed by atoms with Crippen LogP contribution in [0.1, 0.15) is 16.8 Å². The Labute approximate surface area is 119 Å². The van der Waals surface area contributed by atoms with E-state index in [1.165, 1.54) is 4.90 Å². The van der Waals surface area contributed by atoms with E-state index in [-0.39, 0.29) is 17.5 Å². The molecule has 116 valence electrons. The van der Waals surface area contributed by atoms with Gasteiger partial charge < -0.3 is 10.6 Å². The molecule has 1 aliphatic heterocycles. The third-order valence-corrected chi connectivity index (χ3v) is 4.73. The molecule has 0 unspecified atom stereocenters. The smallest absolute Gasteiger partial charge is 0.337 e. The minimum atomic E-state index is -5.39. The molecule has 0 saturated carbocycles. The molecule has 0 spiro atoms. The summed E-state index contributed by atoms with van der Waals surface area (Å²) >= 11 is 0. The van der Waals surface area contributed by atoms with Gasteiger partial charge in [-0.1, -0.05) is 0 Å². The highest BCUT2D eigenvalue weighted by Crippen LogP contribution is 2.30. The second-order valence-corrected chi connectivity index (χ2v) is 6.71. The highest BCUT2D eigenvalue weighted by atomic mass is 32.2. The lowest BCUT2D eigenvalue weighted by atomic mass is 10.2. The second-order valence-electron chi connectivity index (χ2n) is 4.77. The van der Waals surface area contributed by atoms with Gasteiger partial charge in [-0.05, 0) is 30.7 Å². The topological polar surface area (TPSA) is 80.5 Å². The van der Waals surface area contributed by atoms with Crippen molar-refractivity contribution in [2.75, 3.05) is 13.1 Å². The summed E-state index contributed by atoms with van der Waals surface area (Å²) in [7, 11) is -5.39. The molecule has 1 amide bonds. The predicted molar refractivity (Wildman–Crippen MR) is 68.2 cm³/mol. The summed E-state index contributed by atoms with van der Waals surface area (Å²) in [5, 5.41) is 0. The molecule has 1 atom stereocenters. The number of alkyl halides is 3. The van der Waals surface area contributed by atoms with Gasteiger partial charge in [0.05, 0.1) is 4.90 Å². The van der Waals surface area contributed by atoms with Crippen LogP contribution in [-0.2, 0) is 9.84 Å². The van der Waals surface area contributed by atoms with Gasteiger partial charge in [0.25, 0.3) is 15.7 Å². The average molecular weight is 322 g/mol. The Morgan fingerprint density at radius 2 is 1.81 bits per heavy atom. The predicted octanol–water partition coefficient (Wildman–Crippen LogP) is 1.15. The third-order valence-electron chi connectivity index (χ3n) is 3.23. The maximum atomic E-state index is 12.4. The molecule has 0 aliphatic carbocycles. The Kier molecular flexibility index (Phi) is 3.98. The maximum absolute atomic E-state index is 12.4.